The van der Waals surface area contributed by atoms with Crippen LogP contribution in [0, 0.1) is 0 Å². The molecule has 102 valence electrons. The number of hydrogen-bond acceptors (Lipinski definition) is 3. The summed E-state index contributed by atoms with van der Waals surface area (Å²) in [6, 6.07) is 4.29. The standard InChI is InChI=1S/C11H13ClF3NO2/c12-9-2-1-8(6-18)10(5-9)16(3-4-17)7-11(13,14)15/h1-2,5,17-18H,3-4,6-7H2. The number of rotatable bonds is 5. The highest BCUT2D eigenvalue weighted by atomic mass is 35.5. The maximum atomic E-state index is 12.4. The van der Waals surface area contributed by atoms with E-state index < -0.39 is 25.9 Å². The van der Waals surface area contributed by atoms with Crippen LogP contribution in [0.1, 0.15) is 5.56 Å². The normalized spacial score (nSPS) is 11.7. The average molecular weight is 284 g/mol. The second-order valence-electron chi connectivity index (χ2n) is 3.69. The first-order valence-corrected chi connectivity index (χ1v) is 5.57. The molecule has 18 heavy (non-hydrogen) atoms. The van der Waals surface area contributed by atoms with Gasteiger partial charge in [0.05, 0.1) is 13.2 Å². The van der Waals surface area contributed by atoms with E-state index in [1.807, 2.05) is 0 Å². The van der Waals surface area contributed by atoms with Gasteiger partial charge in [-0.15, -0.1) is 0 Å². The molecule has 0 unspecified atom stereocenters. The van der Waals surface area contributed by atoms with Gasteiger partial charge in [0.1, 0.15) is 6.54 Å². The Kier molecular flexibility index (Phi) is 5.25. The zero-order valence-corrected chi connectivity index (χ0v) is 10.2. The SMILES string of the molecule is OCCN(CC(F)(F)F)c1cc(Cl)ccc1CO. The summed E-state index contributed by atoms with van der Waals surface area (Å²) in [6.45, 7) is -2.21. The molecule has 0 fully saturated rings. The number of anilines is 1. The molecule has 0 heterocycles. The Hall–Kier alpha value is -0.980. The van der Waals surface area contributed by atoms with Crippen LogP contribution in [0.5, 0.6) is 0 Å². The lowest BCUT2D eigenvalue weighted by Gasteiger charge is -2.27. The van der Waals surface area contributed by atoms with E-state index >= 15 is 0 Å². The molecule has 0 atom stereocenters. The molecular formula is C11H13ClF3NO2. The first-order valence-electron chi connectivity index (χ1n) is 5.19. The van der Waals surface area contributed by atoms with Crippen molar-refractivity contribution in [1.82, 2.24) is 0 Å². The molecule has 0 radical (unpaired) electrons. The molecule has 1 aromatic carbocycles. The molecule has 0 spiro atoms. The summed E-state index contributed by atoms with van der Waals surface area (Å²) in [4.78, 5) is 0.942. The van der Waals surface area contributed by atoms with Gasteiger partial charge in [-0.25, -0.2) is 0 Å². The topological polar surface area (TPSA) is 43.7 Å². The molecule has 0 amide bonds. The van der Waals surface area contributed by atoms with Gasteiger partial charge in [0.2, 0.25) is 0 Å². The van der Waals surface area contributed by atoms with Gasteiger partial charge in [0.15, 0.2) is 0 Å². The van der Waals surface area contributed by atoms with Crippen LogP contribution < -0.4 is 4.90 Å². The second-order valence-corrected chi connectivity index (χ2v) is 4.13. The van der Waals surface area contributed by atoms with E-state index in [4.69, 9.17) is 21.8 Å². The van der Waals surface area contributed by atoms with E-state index in [1.54, 1.807) is 0 Å². The smallest absolute Gasteiger partial charge is 0.395 e. The molecule has 0 saturated carbocycles. The van der Waals surface area contributed by atoms with Gasteiger partial charge in [0.25, 0.3) is 0 Å². The van der Waals surface area contributed by atoms with Crippen LogP contribution in [0.2, 0.25) is 5.02 Å². The van der Waals surface area contributed by atoms with E-state index in [0.717, 1.165) is 4.90 Å². The molecule has 0 aromatic heterocycles. The Morgan fingerprint density at radius 2 is 1.89 bits per heavy atom. The van der Waals surface area contributed by atoms with Crippen LogP contribution in [0.3, 0.4) is 0 Å². The highest BCUT2D eigenvalue weighted by Crippen LogP contribution is 2.28. The van der Waals surface area contributed by atoms with Gasteiger partial charge in [-0.2, -0.15) is 13.2 Å². The Labute approximate surface area is 107 Å². The Balaban J connectivity index is 3.07. The highest BCUT2D eigenvalue weighted by Gasteiger charge is 2.31. The van der Waals surface area contributed by atoms with Crippen molar-refractivity contribution in [1.29, 1.82) is 0 Å². The number of aliphatic hydroxyl groups is 2. The number of aliphatic hydroxyl groups excluding tert-OH is 2. The molecular weight excluding hydrogens is 271 g/mol. The Morgan fingerprint density at radius 1 is 1.22 bits per heavy atom. The maximum absolute atomic E-state index is 12.4. The quantitative estimate of drug-likeness (QED) is 0.871. The number of alkyl halides is 3. The van der Waals surface area contributed by atoms with Crippen molar-refractivity contribution in [2.75, 3.05) is 24.6 Å². The number of halogens is 4. The van der Waals surface area contributed by atoms with Crippen LogP contribution in [0.15, 0.2) is 18.2 Å². The van der Waals surface area contributed by atoms with Crippen molar-refractivity contribution in [3.63, 3.8) is 0 Å². The molecule has 1 rings (SSSR count). The maximum Gasteiger partial charge on any atom is 0.405 e. The molecule has 7 heteroatoms. The van der Waals surface area contributed by atoms with E-state index in [1.165, 1.54) is 18.2 Å². The lowest BCUT2D eigenvalue weighted by atomic mass is 10.1. The Bertz CT molecular complexity index is 398. The van der Waals surface area contributed by atoms with Gasteiger partial charge in [-0.1, -0.05) is 17.7 Å². The van der Waals surface area contributed by atoms with Crippen molar-refractivity contribution in [3.05, 3.63) is 28.8 Å². The molecule has 0 bridgehead atoms. The van der Waals surface area contributed by atoms with Crippen LogP contribution >= 0.6 is 11.6 Å². The van der Waals surface area contributed by atoms with Gasteiger partial charge in [-0.05, 0) is 12.1 Å². The fraction of sp³-hybridized carbons (Fsp3) is 0.455. The van der Waals surface area contributed by atoms with E-state index in [9.17, 15) is 13.2 Å². The third kappa shape index (κ3) is 4.36. The summed E-state index contributed by atoms with van der Waals surface area (Å²) in [6.07, 6.45) is -4.40. The third-order valence-electron chi connectivity index (χ3n) is 2.30. The van der Waals surface area contributed by atoms with E-state index in [2.05, 4.69) is 0 Å². The number of benzene rings is 1. The fourth-order valence-electron chi connectivity index (χ4n) is 1.59. The predicted octanol–water partition coefficient (Wildman–Crippen LogP) is 2.19. The molecule has 3 nitrogen and oxygen atoms in total. The second kappa shape index (κ2) is 6.26. The molecule has 0 aliphatic carbocycles. The minimum Gasteiger partial charge on any atom is -0.395 e. The minimum absolute atomic E-state index is 0.177. The summed E-state index contributed by atoms with van der Waals surface area (Å²) >= 11 is 5.74. The van der Waals surface area contributed by atoms with Crippen LogP contribution in [0.25, 0.3) is 0 Å². The van der Waals surface area contributed by atoms with E-state index in [0.29, 0.717) is 5.56 Å². The lowest BCUT2D eigenvalue weighted by molar-refractivity contribution is -0.119. The summed E-state index contributed by atoms with van der Waals surface area (Å²) in [7, 11) is 0. The number of nitrogens with zero attached hydrogens (tertiary/aromatic N) is 1. The van der Waals surface area contributed by atoms with Crippen LogP contribution in [0.4, 0.5) is 18.9 Å². The molecule has 0 aliphatic rings. The fourth-order valence-corrected chi connectivity index (χ4v) is 1.75. The molecule has 0 saturated heterocycles. The van der Waals surface area contributed by atoms with Crippen LogP contribution in [-0.2, 0) is 6.61 Å². The average Bonchev–Trinajstić information content (AvgIpc) is 2.26. The summed E-state index contributed by atoms with van der Waals surface area (Å²) in [5.74, 6) is 0. The first kappa shape index (κ1) is 15.1. The van der Waals surface area contributed by atoms with Crippen molar-refractivity contribution >= 4 is 17.3 Å². The minimum atomic E-state index is -4.40. The third-order valence-corrected chi connectivity index (χ3v) is 2.53. The molecule has 1 aromatic rings. The monoisotopic (exact) mass is 283 g/mol. The lowest BCUT2D eigenvalue weighted by Crippen LogP contribution is -2.36. The van der Waals surface area contributed by atoms with Crippen molar-refractivity contribution < 1.29 is 23.4 Å². The number of hydrogen-bond donors (Lipinski definition) is 2. The first-order chi connectivity index (χ1) is 8.37. The van der Waals surface area contributed by atoms with Gasteiger partial charge >= 0.3 is 6.18 Å². The highest BCUT2D eigenvalue weighted by molar-refractivity contribution is 6.30. The predicted molar refractivity (Wildman–Crippen MR) is 62.7 cm³/mol. The van der Waals surface area contributed by atoms with Crippen LogP contribution in [-0.4, -0.2) is 36.1 Å². The van der Waals surface area contributed by atoms with Crippen molar-refractivity contribution in [3.8, 4) is 0 Å². The van der Waals surface area contributed by atoms with Gasteiger partial charge in [-0.3, -0.25) is 0 Å². The zero-order valence-electron chi connectivity index (χ0n) is 9.41. The summed E-state index contributed by atoms with van der Waals surface area (Å²) in [5.41, 5.74) is 0.508. The summed E-state index contributed by atoms with van der Waals surface area (Å²) < 4.78 is 37.3. The largest absolute Gasteiger partial charge is 0.405 e. The molecule has 2 N–H and O–H groups in total. The molecule has 0 aliphatic heterocycles. The van der Waals surface area contributed by atoms with Gasteiger partial charge in [0, 0.05) is 22.8 Å². The van der Waals surface area contributed by atoms with E-state index in [-0.39, 0.29) is 17.3 Å². The van der Waals surface area contributed by atoms with Crippen molar-refractivity contribution in [2.45, 2.75) is 12.8 Å². The van der Waals surface area contributed by atoms with Gasteiger partial charge < -0.3 is 15.1 Å². The Morgan fingerprint density at radius 3 is 2.39 bits per heavy atom. The zero-order chi connectivity index (χ0) is 13.8. The summed E-state index contributed by atoms with van der Waals surface area (Å²) in [5, 5.41) is 18.2. The van der Waals surface area contributed by atoms with Crippen molar-refractivity contribution in [2.24, 2.45) is 0 Å².